The van der Waals surface area contributed by atoms with Crippen LogP contribution in [0.3, 0.4) is 0 Å². The van der Waals surface area contributed by atoms with E-state index in [1.165, 1.54) is 11.1 Å². The predicted octanol–water partition coefficient (Wildman–Crippen LogP) is 4.10. The first-order chi connectivity index (χ1) is 6.66. The average molecular weight is 207 g/mol. The molecule has 0 N–H and O–H groups in total. The van der Waals surface area contributed by atoms with Crippen LogP contribution in [0.4, 0.5) is 0 Å². The van der Waals surface area contributed by atoms with Crippen molar-refractivity contribution in [1.82, 2.24) is 4.57 Å². The second kappa shape index (κ2) is 3.70. The Morgan fingerprint density at radius 1 is 1.00 bits per heavy atom. The summed E-state index contributed by atoms with van der Waals surface area (Å²) >= 11 is 0. The maximum atomic E-state index is 2.34. The monoisotopic (exact) mass is 207 g/mol. The van der Waals surface area contributed by atoms with Gasteiger partial charge in [0.05, 0.1) is 0 Å². The lowest BCUT2D eigenvalue weighted by Crippen LogP contribution is -2.20. The topological polar surface area (TPSA) is 4.93 Å². The van der Waals surface area contributed by atoms with Crippen LogP contribution in [0.1, 0.15) is 59.6 Å². The zero-order valence-electron chi connectivity index (χ0n) is 11.3. The molecule has 0 spiro atoms. The number of hydrogen-bond acceptors (Lipinski definition) is 0. The van der Waals surface area contributed by atoms with Gasteiger partial charge in [0.25, 0.3) is 0 Å². The van der Waals surface area contributed by atoms with Crippen molar-refractivity contribution in [3.63, 3.8) is 0 Å². The molecule has 1 aromatic rings. The summed E-state index contributed by atoms with van der Waals surface area (Å²) in [6, 6.07) is 0. The molecule has 0 unspecified atom stereocenters. The number of aryl methyl sites for hydroxylation is 1. The number of hydrogen-bond donors (Lipinski definition) is 0. The van der Waals surface area contributed by atoms with Crippen molar-refractivity contribution < 1.29 is 0 Å². The second-order valence-electron chi connectivity index (χ2n) is 6.38. The fraction of sp³-hybridized carbons (Fsp3) is 0.714. The van der Waals surface area contributed by atoms with Gasteiger partial charge in [0.2, 0.25) is 0 Å². The highest BCUT2D eigenvalue weighted by Crippen LogP contribution is 2.29. The zero-order chi connectivity index (χ0) is 11.9. The SMILES string of the molecule is CCc1cn(C(C)(C)C)cc1C(C)(C)C. The molecule has 1 aromatic heterocycles. The van der Waals surface area contributed by atoms with E-state index in [-0.39, 0.29) is 11.0 Å². The molecule has 0 saturated heterocycles. The highest BCUT2D eigenvalue weighted by Gasteiger charge is 2.22. The summed E-state index contributed by atoms with van der Waals surface area (Å²) in [5.74, 6) is 0. The van der Waals surface area contributed by atoms with Crippen LogP contribution in [0, 0.1) is 0 Å². The molecule has 0 bridgehead atoms. The summed E-state index contributed by atoms with van der Waals surface area (Å²) in [4.78, 5) is 0. The minimum Gasteiger partial charge on any atom is -0.349 e. The van der Waals surface area contributed by atoms with Crippen LogP contribution in [0.15, 0.2) is 12.4 Å². The second-order valence-corrected chi connectivity index (χ2v) is 6.38. The van der Waals surface area contributed by atoms with Gasteiger partial charge in [-0.05, 0) is 43.7 Å². The number of rotatable bonds is 1. The quantitative estimate of drug-likeness (QED) is 0.653. The molecule has 0 saturated carbocycles. The lowest BCUT2D eigenvalue weighted by atomic mass is 9.86. The Balaban J connectivity index is 3.24. The van der Waals surface area contributed by atoms with Crippen molar-refractivity contribution in [3.8, 4) is 0 Å². The van der Waals surface area contributed by atoms with Gasteiger partial charge >= 0.3 is 0 Å². The van der Waals surface area contributed by atoms with Crippen molar-refractivity contribution >= 4 is 0 Å². The van der Waals surface area contributed by atoms with Crippen molar-refractivity contribution in [1.29, 1.82) is 0 Å². The van der Waals surface area contributed by atoms with Gasteiger partial charge in [-0.1, -0.05) is 27.7 Å². The van der Waals surface area contributed by atoms with Gasteiger partial charge in [-0.25, -0.2) is 0 Å². The molecule has 86 valence electrons. The number of aromatic nitrogens is 1. The van der Waals surface area contributed by atoms with Crippen molar-refractivity contribution in [2.24, 2.45) is 0 Å². The molecule has 15 heavy (non-hydrogen) atoms. The molecule has 0 aliphatic heterocycles. The van der Waals surface area contributed by atoms with Crippen molar-refractivity contribution in [2.45, 2.75) is 65.8 Å². The van der Waals surface area contributed by atoms with E-state index in [4.69, 9.17) is 0 Å². The minimum atomic E-state index is 0.188. The van der Waals surface area contributed by atoms with E-state index in [0.29, 0.717) is 0 Å². The van der Waals surface area contributed by atoms with Gasteiger partial charge < -0.3 is 4.57 Å². The van der Waals surface area contributed by atoms with E-state index in [1.807, 2.05) is 0 Å². The highest BCUT2D eigenvalue weighted by atomic mass is 15.0. The maximum absolute atomic E-state index is 2.34. The van der Waals surface area contributed by atoms with Crippen LogP contribution in [0.25, 0.3) is 0 Å². The van der Waals surface area contributed by atoms with E-state index < -0.39 is 0 Å². The van der Waals surface area contributed by atoms with E-state index in [1.54, 1.807) is 0 Å². The largest absolute Gasteiger partial charge is 0.349 e. The molecule has 1 rings (SSSR count). The number of nitrogens with zero attached hydrogens (tertiary/aromatic N) is 1. The summed E-state index contributed by atoms with van der Waals surface area (Å²) in [6.45, 7) is 15.8. The third kappa shape index (κ3) is 2.64. The summed E-state index contributed by atoms with van der Waals surface area (Å²) in [7, 11) is 0. The van der Waals surface area contributed by atoms with Gasteiger partial charge in [0.15, 0.2) is 0 Å². The van der Waals surface area contributed by atoms with Gasteiger partial charge in [0.1, 0.15) is 0 Å². The van der Waals surface area contributed by atoms with E-state index in [0.717, 1.165) is 6.42 Å². The molecular formula is C14H25N. The van der Waals surface area contributed by atoms with Crippen LogP contribution in [0.2, 0.25) is 0 Å². The molecule has 0 aliphatic rings. The minimum absolute atomic E-state index is 0.188. The first kappa shape index (κ1) is 12.4. The molecule has 0 radical (unpaired) electrons. The Labute approximate surface area is 94.5 Å². The summed E-state index contributed by atoms with van der Waals surface area (Å²) in [6.07, 6.45) is 5.75. The Kier molecular flexibility index (Phi) is 3.04. The zero-order valence-corrected chi connectivity index (χ0v) is 11.3. The molecule has 1 heterocycles. The Hall–Kier alpha value is -0.720. The molecule has 0 fully saturated rings. The normalized spacial score (nSPS) is 13.3. The van der Waals surface area contributed by atoms with E-state index >= 15 is 0 Å². The first-order valence-electron chi connectivity index (χ1n) is 5.88. The maximum Gasteiger partial charge on any atom is 0.0355 e. The van der Waals surface area contributed by atoms with Crippen LogP contribution >= 0.6 is 0 Å². The van der Waals surface area contributed by atoms with E-state index in [9.17, 15) is 0 Å². The predicted molar refractivity (Wildman–Crippen MR) is 67.5 cm³/mol. The van der Waals surface area contributed by atoms with Gasteiger partial charge in [-0.2, -0.15) is 0 Å². The van der Waals surface area contributed by atoms with Crippen LogP contribution in [-0.4, -0.2) is 4.57 Å². The molecule has 0 aromatic carbocycles. The Bertz CT molecular complexity index is 331. The Morgan fingerprint density at radius 3 is 1.80 bits per heavy atom. The third-order valence-electron chi connectivity index (χ3n) is 2.87. The smallest absolute Gasteiger partial charge is 0.0355 e. The fourth-order valence-corrected chi connectivity index (χ4v) is 1.84. The van der Waals surface area contributed by atoms with Crippen molar-refractivity contribution in [2.75, 3.05) is 0 Å². The van der Waals surface area contributed by atoms with Crippen LogP contribution < -0.4 is 0 Å². The van der Waals surface area contributed by atoms with Gasteiger partial charge in [0, 0.05) is 17.9 Å². The molecule has 1 heteroatoms. The standard InChI is InChI=1S/C14H25N/c1-8-11-9-15(14(5,6)7)10-12(11)13(2,3)4/h9-10H,8H2,1-7H3. The summed E-state index contributed by atoms with van der Waals surface area (Å²) in [5.41, 5.74) is 3.41. The van der Waals surface area contributed by atoms with E-state index in [2.05, 4.69) is 65.4 Å². The lowest BCUT2D eigenvalue weighted by Gasteiger charge is -2.22. The fourth-order valence-electron chi connectivity index (χ4n) is 1.84. The first-order valence-corrected chi connectivity index (χ1v) is 5.88. The van der Waals surface area contributed by atoms with Crippen LogP contribution in [0.5, 0.6) is 0 Å². The van der Waals surface area contributed by atoms with Crippen LogP contribution in [-0.2, 0) is 17.4 Å². The summed E-state index contributed by atoms with van der Waals surface area (Å²) in [5, 5.41) is 0. The molecule has 1 nitrogen and oxygen atoms in total. The van der Waals surface area contributed by atoms with Gasteiger partial charge in [-0.3, -0.25) is 0 Å². The lowest BCUT2D eigenvalue weighted by molar-refractivity contribution is 0.396. The highest BCUT2D eigenvalue weighted by molar-refractivity contribution is 5.31. The Morgan fingerprint density at radius 2 is 1.53 bits per heavy atom. The van der Waals surface area contributed by atoms with Crippen molar-refractivity contribution in [3.05, 3.63) is 23.5 Å². The molecular weight excluding hydrogens is 182 g/mol. The average Bonchev–Trinajstić information content (AvgIpc) is 2.44. The summed E-state index contributed by atoms with van der Waals surface area (Å²) < 4.78 is 2.34. The third-order valence-corrected chi connectivity index (χ3v) is 2.87. The molecule has 0 atom stereocenters. The van der Waals surface area contributed by atoms with Gasteiger partial charge in [-0.15, -0.1) is 0 Å². The molecule has 0 amide bonds. The molecule has 0 aliphatic carbocycles.